The average molecular weight is 377 g/mol. The van der Waals surface area contributed by atoms with Gasteiger partial charge in [0.1, 0.15) is 11.3 Å². The first kappa shape index (κ1) is 17.0. The van der Waals surface area contributed by atoms with Gasteiger partial charge in [0.05, 0.1) is 18.5 Å². The monoisotopic (exact) mass is 377 g/mol. The van der Waals surface area contributed by atoms with Gasteiger partial charge in [-0.2, -0.15) is 0 Å². The summed E-state index contributed by atoms with van der Waals surface area (Å²) in [5, 5.41) is 10.8. The minimum atomic E-state index is -0.465. The van der Waals surface area contributed by atoms with Gasteiger partial charge in [0.2, 0.25) is 5.88 Å². The quantitative estimate of drug-likeness (QED) is 0.679. The number of hydrogen-bond acceptors (Lipinski definition) is 5. The van der Waals surface area contributed by atoms with Crippen LogP contribution in [0.3, 0.4) is 0 Å². The average Bonchev–Trinajstić information content (AvgIpc) is 3.08. The second-order valence-electron chi connectivity index (χ2n) is 5.91. The number of fused-ring (bicyclic) bond motifs is 1. The predicted octanol–water partition coefficient (Wildman–Crippen LogP) is 3.87. The Morgan fingerprint density at radius 2 is 1.93 bits per heavy atom. The number of methoxy groups -OCH3 is 1. The molecule has 0 aliphatic carbocycles. The number of hydrogen-bond donors (Lipinski definition) is 2. The number of nitrogens with zero attached hydrogens (tertiary/aromatic N) is 2. The van der Waals surface area contributed by atoms with Crippen LogP contribution in [0.2, 0.25) is 0 Å². The van der Waals surface area contributed by atoms with Crippen LogP contribution in [0.15, 0.2) is 58.3 Å². The van der Waals surface area contributed by atoms with Crippen molar-refractivity contribution in [3.63, 3.8) is 0 Å². The number of nitrogens with one attached hydrogen (secondary N) is 1. The molecule has 0 fully saturated rings. The van der Waals surface area contributed by atoms with Gasteiger partial charge in [-0.25, -0.2) is 0 Å². The molecule has 0 bridgehead atoms. The molecule has 2 aromatic carbocycles. The zero-order valence-electron chi connectivity index (χ0n) is 14.3. The van der Waals surface area contributed by atoms with Gasteiger partial charge in [0, 0.05) is 17.4 Å². The van der Waals surface area contributed by atoms with E-state index in [0.29, 0.717) is 11.4 Å². The highest BCUT2D eigenvalue weighted by Gasteiger charge is 2.16. The molecule has 0 amide bonds. The van der Waals surface area contributed by atoms with E-state index >= 15 is 0 Å². The fourth-order valence-corrected chi connectivity index (χ4v) is 3.23. The van der Waals surface area contributed by atoms with E-state index in [2.05, 4.69) is 9.98 Å². The van der Waals surface area contributed by atoms with E-state index in [9.17, 15) is 9.90 Å². The van der Waals surface area contributed by atoms with Crippen LogP contribution >= 0.6 is 12.2 Å². The van der Waals surface area contributed by atoms with Crippen LogP contribution in [0.25, 0.3) is 17.3 Å². The smallest absolute Gasteiger partial charge is 0.262 e. The molecule has 134 valence electrons. The molecular weight excluding hydrogens is 362 g/mol. The molecule has 6 nitrogen and oxygen atoms in total. The second-order valence-corrected chi connectivity index (χ2v) is 6.29. The van der Waals surface area contributed by atoms with Crippen molar-refractivity contribution in [3.8, 4) is 17.3 Å². The molecule has 0 saturated carbocycles. The van der Waals surface area contributed by atoms with Crippen LogP contribution < -0.4 is 10.3 Å². The van der Waals surface area contributed by atoms with Gasteiger partial charge in [-0.05, 0) is 48.6 Å². The minimum Gasteiger partial charge on any atom is -0.497 e. The number of para-hydroxylation sites is 1. The lowest BCUT2D eigenvalue weighted by atomic mass is 10.1. The Morgan fingerprint density at radius 1 is 1.19 bits per heavy atom. The zero-order chi connectivity index (χ0) is 19.0. The molecule has 2 heterocycles. The lowest BCUT2D eigenvalue weighted by Crippen LogP contribution is -2.16. The van der Waals surface area contributed by atoms with Crippen molar-refractivity contribution >= 4 is 35.8 Å². The van der Waals surface area contributed by atoms with Gasteiger partial charge >= 0.3 is 0 Å². The number of aliphatic imine (C=N–C) groups is 1. The maximum atomic E-state index is 12.4. The van der Waals surface area contributed by atoms with Gasteiger partial charge in [-0.3, -0.25) is 19.3 Å². The van der Waals surface area contributed by atoms with E-state index in [1.165, 1.54) is 4.57 Å². The largest absolute Gasteiger partial charge is 0.497 e. The molecule has 7 heteroatoms. The summed E-state index contributed by atoms with van der Waals surface area (Å²) in [6.45, 7) is 0. The van der Waals surface area contributed by atoms with Gasteiger partial charge in [0.15, 0.2) is 4.77 Å². The Kier molecular flexibility index (Phi) is 4.21. The summed E-state index contributed by atoms with van der Waals surface area (Å²) >= 11 is 5.24. The summed E-state index contributed by atoms with van der Waals surface area (Å²) < 4.78 is 6.66. The SMILES string of the molecule is COc1ccc(-n2c(O)c(/C=C3/C=Nc4ccccc43)c(=O)[nH]c2=S)cc1. The van der Waals surface area contributed by atoms with Crippen molar-refractivity contribution in [3.05, 3.63) is 74.8 Å². The maximum absolute atomic E-state index is 12.4. The fraction of sp³-hybridized carbons (Fsp3) is 0.0500. The van der Waals surface area contributed by atoms with Crippen molar-refractivity contribution < 1.29 is 9.84 Å². The number of benzene rings is 2. The summed E-state index contributed by atoms with van der Waals surface area (Å²) in [6.07, 6.45) is 3.28. The molecule has 0 unspecified atom stereocenters. The highest BCUT2D eigenvalue weighted by atomic mass is 32.1. The summed E-state index contributed by atoms with van der Waals surface area (Å²) in [5.41, 5.74) is 2.71. The van der Waals surface area contributed by atoms with E-state index in [1.54, 1.807) is 43.7 Å². The minimum absolute atomic E-state index is 0.102. The summed E-state index contributed by atoms with van der Waals surface area (Å²) in [6, 6.07) is 14.6. The molecule has 0 saturated heterocycles. The number of aromatic nitrogens is 2. The number of aromatic hydroxyl groups is 1. The standard InChI is InChI=1S/C20H15N3O3S/c1-26-14-8-6-13(7-9-14)23-19(25)16(18(24)22-20(23)27)10-12-11-21-17-5-3-2-4-15(12)17/h2-11,25H,1H3,(H,22,24,27)/b12-10-. The van der Waals surface area contributed by atoms with Gasteiger partial charge in [-0.1, -0.05) is 18.2 Å². The Labute approximate surface area is 159 Å². The third kappa shape index (κ3) is 2.98. The van der Waals surface area contributed by atoms with Gasteiger partial charge < -0.3 is 9.84 Å². The molecule has 27 heavy (non-hydrogen) atoms. The van der Waals surface area contributed by atoms with E-state index in [1.807, 2.05) is 24.3 Å². The highest BCUT2D eigenvalue weighted by Crippen LogP contribution is 2.33. The van der Waals surface area contributed by atoms with E-state index < -0.39 is 5.56 Å². The normalized spacial score (nSPS) is 13.7. The first-order valence-electron chi connectivity index (χ1n) is 8.16. The first-order valence-corrected chi connectivity index (χ1v) is 8.57. The third-order valence-corrected chi connectivity index (χ3v) is 4.59. The summed E-state index contributed by atoms with van der Waals surface area (Å²) in [4.78, 5) is 19.4. The maximum Gasteiger partial charge on any atom is 0.262 e. The van der Waals surface area contributed by atoms with E-state index in [0.717, 1.165) is 16.8 Å². The number of allylic oxidation sites excluding steroid dienone is 1. The Bertz CT molecular complexity index is 1200. The van der Waals surface area contributed by atoms with Crippen LogP contribution in [-0.2, 0) is 0 Å². The third-order valence-electron chi connectivity index (χ3n) is 4.31. The van der Waals surface area contributed by atoms with Crippen molar-refractivity contribution in [2.45, 2.75) is 0 Å². The Hall–Kier alpha value is -3.45. The molecule has 3 aromatic rings. The fourth-order valence-electron chi connectivity index (χ4n) is 2.95. The topological polar surface area (TPSA) is 79.6 Å². The Balaban J connectivity index is 1.88. The first-order chi connectivity index (χ1) is 13.1. The van der Waals surface area contributed by atoms with E-state index in [-0.39, 0.29) is 16.2 Å². The van der Waals surface area contributed by atoms with Crippen molar-refractivity contribution in [2.75, 3.05) is 7.11 Å². The molecule has 1 aromatic heterocycles. The summed E-state index contributed by atoms with van der Waals surface area (Å²) in [7, 11) is 1.57. The lowest BCUT2D eigenvalue weighted by molar-refractivity contribution is 0.414. The number of rotatable bonds is 3. The Morgan fingerprint density at radius 3 is 2.67 bits per heavy atom. The number of ether oxygens (including phenoxy) is 1. The van der Waals surface area contributed by atoms with Crippen molar-refractivity contribution in [2.24, 2.45) is 4.99 Å². The molecular formula is C20H15N3O3S. The lowest BCUT2D eigenvalue weighted by Gasteiger charge is -2.12. The zero-order valence-corrected chi connectivity index (χ0v) is 15.2. The van der Waals surface area contributed by atoms with Crippen LogP contribution in [0.4, 0.5) is 5.69 Å². The van der Waals surface area contributed by atoms with Crippen LogP contribution in [0.1, 0.15) is 11.1 Å². The number of H-pyrrole nitrogens is 1. The molecule has 4 rings (SSSR count). The van der Waals surface area contributed by atoms with Crippen molar-refractivity contribution in [1.29, 1.82) is 0 Å². The molecule has 2 N–H and O–H groups in total. The van der Waals surface area contributed by atoms with Gasteiger partial charge in [0.25, 0.3) is 5.56 Å². The summed E-state index contributed by atoms with van der Waals surface area (Å²) in [5.74, 6) is 0.439. The van der Waals surface area contributed by atoms with Gasteiger partial charge in [-0.15, -0.1) is 0 Å². The van der Waals surface area contributed by atoms with Crippen LogP contribution in [0.5, 0.6) is 11.6 Å². The second kappa shape index (κ2) is 6.69. The van der Waals surface area contributed by atoms with E-state index in [4.69, 9.17) is 17.0 Å². The molecule has 1 aliphatic rings. The van der Waals surface area contributed by atoms with Crippen molar-refractivity contribution in [1.82, 2.24) is 9.55 Å². The molecule has 0 spiro atoms. The van der Waals surface area contributed by atoms with Crippen LogP contribution in [-0.4, -0.2) is 28.0 Å². The highest BCUT2D eigenvalue weighted by molar-refractivity contribution is 7.71. The molecule has 0 radical (unpaired) electrons. The van der Waals surface area contributed by atoms with Crippen LogP contribution in [0, 0.1) is 4.77 Å². The molecule has 0 atom stereocenters. The molecule has 1 aliphatic heterocycles. The predicted molar refractivity (Wildman–Crippen MR) is 108 cm³/mol. The number of aromatic amines is 1.